The summed E-state index contributed by atoms with van der Waals surface area (Å²) in [7, 11) is 0. The number of rotatable bonds is 4. The topological polar surface area (TPSA) is 81.5 Å². The van der Waals surface area contributed by atoms with E-state index in [1.54, 1.807) is 5.48 Å². The fraction of sp³-hybridized carbons (Fsp3) is 0.222. The molecule has 104 valence electrons. The van der Waals surface area contributed by atoms with Crippen molar-refractivity contribution < 1.29 is 27.7 Å². The Kier molecular flexibility index (Phi) is 4.84. The van der Waals surface area contributed by atoms with Crippen molar-refractivity contribution in [1.29, 1.82) is 0 Å². The van der Waals surface area contributed by atoms with Crippen molar-refractivity contribution in [2.75, 3.05) is 6.61 Å². The molecule has 0 saturated heterocycles. The van der Waals surface area contributed by atoms with Gasteiger partial charge >= 0.3 is 6.18 Å². The number of non-ortho nitro benzene ring substituents is 1. The van der Waals surface area contributed by atoms with Crippen LogP contribution in [0.1, 0.15) is 10.4 Å². The number of hydrogen-bond donors (Lipinski definition) is 1. The largest absolute Gasteiger partial charge is 0.414 e. The average Bonchev–Trinajstić information content (AvgIpc) is 2.27. The van der Waals surface area contributed by atoms with E-state index in [0.29, 0.717) is 0 Å². The summed E-state index contributed by atoms with van der Waals surface area (Å²) < 4.78 is 35.5. The first kappa shape index (κ1) is 15.4. The highest BCUT2D eigenvalue weighted by molar-refractivity contribution is 9.10. The van der Waals surface area contributed by atoms with Crippen molar-refractivity contribution in [1.82, 2.24) is 5.48 Å². The third-order valence-electron chi connectivity index (χ3n) is 1.81. The van der Waals surface area contributed by atoms with E-state index < -0.39 is 23.6 Å². The Bertz CT molecular complexity index is 507. The Labute approximate surface area is 112 Å². The minimum atomic E-state index is -4.59. The van der Waals surface area contributed by atoms with Gasteiger partial charge in [0.05, 0.1) is 10.5 Å². The molecule has 0 unspecified atom stereocenters. The number of carbonyl (C=O) groups is 1. The number of benzene rings is 1. The predicted molar refractivity (Wildman–Crippen MR) is 60.3 cm³/mol. The lowest BCUT2D eigenvalue weighted by atomic mass is 10.2. The van der Waals surface area contributed by atoms with Gasteiger partial charge in [0.1, 0.15) is 0 Å². The van der Waals surface area contributed by atoms with Gasteiger partial charge in [-0.1, -0.05) is 0 Å². The number of nitrogens with zero attached hydrogens (tertiary/aromatic N) is 1. The van der Waals surface area contributed by atoms with Crippen LogP contribution in [-0.4, -0.2) is 23.6 Å². The molecule has 6 nitrogen and oxygen atoms in total. The van der Waals surface area contributed by atoms with Crippen LogP contribution >= 0.6 is 15.9 Å². The molecule has 0 spiro atoms. The van der Waals surface area contributed by atoms with E-state index in [9.17, 15) is 28.1 Å². The maximum Gasteiger partial charge on any atom is 0.414 e. The van der Waals surface area contributed by atoms with E-state index in [1.807, 2.05) is 0 Å². The predicted octanol–water partition coefficient (Wildman–Crippen LogP) is 2.58. The molecule has 0 aliphatic heterocycles. The molecule has 0 radical (unpaired) electrons. The number of hydroxylamine groups is 1. The molecule has 19 heavy (non-hydrogen) atoms. The summed E-state index contributed by atoms with van der Waals surface area (Å²) in [6.45, 7) is -1.66. The Morgan fingerprint density at radius 1 is 1.47 bits per heavy atom. The summed E-state index contributed by atoms with van der Waals surface area (Å²) in [6.07, 6.45) is -4.59. The van der Waals surface area contributed by atoms with Crippen molar-refractivity contribution in [3.8, 4) is 0 Å². The van der Waals surface area contributed by atoms with Gasteiger partial charge in [-0.25, -0.2) is 5.48 Å². The highest BCUT2D eigenvalue weighted by atomic mass is 79.9. The fourth-order valence-corrected chi connectivity index (χ4v) is 1.47. The minimum absolute atomic E-state index is 0.186. The molecular weight excluding hydrogens is 337 g/mol. The molecular formula is C9H6BrF3N2O4. The smallest absolute Gasteiger partial charge is 0.267 e. The highest BCUT2D eigenvalue weighted by Gasteiger charge is 2.28. The zero-order valence-corrected chi connectivity index (χ0v) is 10.6. The van der Waals surface area contributed by atoms with Crippen LogP contribution in [0.25, 0.3) is 0 Å². The van der Waals surface area contributed by atoms with Gasteiger partial charge in [0.15, 0.2) is 6.61 Å². The van der Waals surface area contributed by atoms with E-state index in [4.69, 9.17) is 0 Å². The van der Waals surface area contributed by atoms with Gasteiger partial charge in [-0.3, -0.25) is 19.7 Å². The van der Waals surface area contributed by atoms with Gasteiger partial charge < -0.3 is 0 Å². The summed E-state index contributed by atoms with van der Waals surface area (Å²) >= 11 is 2.95. The number of nitrogens with one attached hydrogen (secondary N) is 1. The third-order valence-corrected chi connectivity index (χ3v) is 2.50. The first-order valence-corrected chi connectivity index (χ1v) is 5.43. The molecule has 1 aromatic rings. The van der Waals surface area contributed by atoms with Crippen molar-refractivity contribution in [3.63, 3.8) is 0 Å². The van der Waals surface area contributed by atoms with Gasteiger partial charge in [0, 0.05) is 16.6 Å². The second-order valence-electron chi connectivity index (χ2n) is 3.26. The van der Waals surface area contributed by atoms with Gasteiger partial charge in [-0.05, 0) is 22.0 Å². The van der Waals surface area contributed by atoms with Gasteiger partial charge in [-0.2, -0.15) is 13.2 Å². The molecule has 1 amide bonds. The quantitative estimate of drug-likeness (QED) is 0.673. The van der Waals surface area contributed by atoms with E-state index >= 15 is 0 Å². The summed E-state index contributed by atoms with van der Waals surface area (Å²) in [4.78, 5) is 25.2. The zero-order valence-electron chi connectivity index (χ0n) is 9.03. The number of halogens is 4. The second kappa shape index (κ2) is 5.97. The van der Waals surface area contributed by atoms with Crippen molar-refractivity contribution in [2.24, 2.45) is 0 Å². The molecule has 0 aliphatic rings. The van der Waals surface area contributed by atoms with Gasteiger partial charge in [-0.15, -0.1) is 0 Å². The summed E-state index contributed by atoms with van der Waals surface area (Å²) in [5.74, 6) is -1.03. The van der Waals surface area contributed by atoms with Crippen LogP contribution in [0.4, 0.5) is 18.9 Å². The molecule has 1 aromatic carbocycles. The molecule has 0 aliphatic carbocycles. The molecule has 1 rings (SSSR count). The zero-order chi connectivity index (χ0) is 14.6. The number of amides is 1. The van der Waals surface area contributed by atoms with Crippen LogP contribution < -0.4 is 5.48 Å². The number of alkyl halides is 3. The van der Waals surface area contributed by atoms with Crippen molar-refractivity contribution >= 4 is 27.5 Å². The molecule has 0 saturated carbocycles. The average molecular weight is 343 g/mol. The van der Waals surface area contributed by atoms with Gasteiger partial charge in [0.25, 0.3) is 11.6 Å². The third kappa shape index (κ3) is 4.83. The van der Waals surface area contributed by atoms with E-state index in [1.165, 1.54) is 6.07 Å². The standard InChI is InChI=1S/C9H6BrF3N2O4/c10-7-2-1-5(15(17)18)3-6(7)8(16)14-19-4-9(11,12)13/h1-3H,4H2,(H,14,16). The monoisotopic (exact) mass is 342 g/mol. The van der Waals surface area contributed by atoms with E-state index in [-0.39, 0.29) is 15.7 Å². The summed E-state index contributed by atoms with van der Waals surface area (Å²) in [6, 6.07) is 3.28. The van der Waals surface area contributed by atoms with Crippen LogP contribution in [0.5, 0.6) is 0 Å². The summed E-state index contributed by atoms with van der Waals surface area (Å²) in [5, 5.41) is 10.5. The lowest BCUT2D eigenvalue weighted by Gasteiger charge is -2.09. The van der Waals surface area contributed by atoms with Crippen LogP contribution in [0, 0.1) is 10.1 Å². The van der Waals surface area contributed by atoms with Crippen LogP contribution in [0.2, 0.25) is 0 Å². The fourth-order valence-electron chi connectivity index (χ4n) is 1.04. The number of hydrogen-bond acceptors (Lipinski definition) is 4. The Balaban J connectivity index is 2.76. The molecule has 0 fully saturated rings. The van der Waals surface area contributed by atoms with E-state index in [2.05, 4.69) is 20.8 Å². The number of carbonyl (C=O) groups excluding carboxylic acids is 1. The molecule has 10 heteroatoms. The SMILES string of the molecule is O=C(NOCC(F)(F)F)c1cc([N+](=O)[O-])ccc1Br. The number of nitro benzene ring substituents is 1. The van der Waals surface area contributed by atoms with Gasteiger partial charge in [0.2, 0.25) is 0 Å². The Morgan fingerprint density at radius 3 is 2.63 bits per heavy atom. The molecule has 1 N–H and O–H groups in total. The summed E-state index contributed by atoms with van der Waals surface area (Å²) in [5.41, 5.74) is 0.968. The molecule has 0 aromatic heterocycles. The Morgan fingerprint density at radius 2 is 2.11 bits per heavy atom. The minimum Gasteiger partial charge on any atom is -0.267 e. The highest BCUT2D eigenvalue weighted by Crippen LogP contribution is 2.22. The Hall–Kier alpha value is -1.68. The lowest BCUT2D eigenvalue weighted by Crippen LogP contribution is -2.29. The van der Waals surface area contributed by atoms with Crippen LogP contribution in [-0.2, 0) is 4.84 Å². The maximum atomic E-state index is 11.8. The van der Waals surface area contributed by atoms with Crippen LogP contribution in [0.15, 0.2) is 22.7 Å². The van der Waals surface area contributed by atoms with E-state index in [0.717, 1.165) is 12.1 Å². The first-order chi connectivity index (χ1) is 8.70. The normalized spacial score (nSPS) is 11.2. The number of nitro groups is 1. The molecule has 0 bridgehead atoms. The second-order valence-corrected chi connectivity index (χ2v) is 4.11. The lowest BCUT2D eigenvalue weighted by molar-refractivity contribution is -0.384. The maximum absolute atomic E-state index is 11.8. The molecule has 0 atom stereocenters. The van der Waals surface area contributed by atoms with Crippen LogP contribution in [0.3, 0.4) is 0 Å². The molecule has 0 heterocycles. The first-order valence-electron chi connectivity index (χ1n) is 4.63. The van der Waals surface area contributed by atoms with Crippen molar-refractivity contribution in [3.05, 3.63) is 38.3 Å². The van der Waals surface area contributed by atoms with Crippen molar-refractivity contribution in [2.45, 2.75) is 6.18 Å².